The van der Waals surface area contributed by atoms with E-state index in [1.54, 1.807) is 30.6 Å². The number of aromatic hydroxyl groups is 1. The van der Waals surface area contributed by atoms with Crippen molar-refractivity contribution in [1.82, 2.24) is 19.7 Å². The van der Waals surface area contributed by atoms with Gasteiger partial charge in [-0.15, -0.1) is 0 Å². The molecular formula is C21H15N5O. The van der Waals surface area contributed by atoms with Crippen molar-refractivity contribution in [3.8, 4) is 11.4 Å². The average molecular weight is 353 g/mol. The summed E-state index contributed by atoms with van der Waals surface area (Å²) in [6.45, 7) is 0. The summed E-state index contributed by atoms with van der Waals surface area (Å²) in [6, 6.07) is 21.1. The molecule has 0 atom stereocenters. The number of nitrogens with zero attached hydrogens (tertiary/aromatic N) is 4. The Balaban J connectivity index is 1.63. The highest BCUT2D eigenvalue weighted by Gasteiger charge is 2.11. The minimum absolute atomic E-state index is 0.182. The van der Waals surface area contributed by atoms with Crippen LogP contribution in [0.15, 0.2) is 79.1 Å². The zero-order chi connectivity index (χ0) is 18.2. The van der Waals surface area contributed by atoms with Crippen molar-refractivity contribution in [3.63, 3.8) is 0 Å². The lowest BCUT2D eigenvalue weighted by molar-refractivity contribution is 0.475. The number of fused-ring (bicyclic) bond motifs is 2. The summed E-state index contributed by atoms with van der Waals surface area (Å²) in [5.74, 6) is 0.622. The maximum absolute atomic E-state index is 9.63. The van der Waals surface area contributed by atoms with Gasteiger partial charge in [-0.3, -0.25) is 0 Å². The summed E-state index contributed by atoms with van der Waals surface area (Å²) in [7, 11) is 0. The first-order valence-electron chi connectivity index (χ1n) is 8.53. The molecule has 6 nitrogen and oxygen atoms in total. The molecule has 27 heavy (non-hydrogen) atoms. The van der Waals surface area contributed by atoms with E-state index >= 15 is 0 Å². The number of hydrogen-bond acceptors (Lipinski definition) is 5. The number of benzene rings is 3. The van der Waals surface area contributed by atoms with E-state index in [9.17, 15) is 5.11 Å². The van der Waals surface area contributed by atoms with Gasteiger partial charge in [-0.05, 0) is 23.6 Å². The van der Waals surface area contributed by atoms with Crippen LogP contribution in [0.2, 0.25) is 0 Å². The number of phenols is 1. The number of hydrogen-bond donors (Lipinski definition) is 2. The monoisotopic (exact) mass is 353 g/mol. The molecule has 2 N–H and O–H groups in total. The number of phenolic OH excluding ortho intramolecular Hbond substituents is 1. The fraction of sp³-hybridized carbons (Fsp3) is 0. The van der Waals surface area contributed by atoms with Crippen molar-refractivity contribution in [2.45, 2.75) is 0 Å². The van der Waals surface area contributed by atoms with Gasteiger partial charge in [-0.1, -0.05) is 42.5 Å². The molecule has 0 aliphatic carbocycles. The fourth-order valence-corrected chi connectivity index (χ4v) is 3.16. The van der Waals surface area contributed by atoms with E-state index < -0.39 is 0 Å². The zero-order valence-corrected chi connectivity index (χ0v) is 14.2. The maximum Gasteiger partial charge on any atom is 0.229 e. The van der Waals surface area contributed by atoms with E-state index in [4.69, 9.17) is 0 Å². The van der Waals surface area contributed by atoms with E-state index in [1.807, 2.05) is 35.0 Å². The van der Waals surface area contributed by atoms with Crippen LogP contribution in [0.1, 0.15) is 0 Å². The second-order valence-electron chi connectivity index (χ2n) is 6.20. The summed E-state index contributed by atoms with van der Waals surface area (Å²) >= 11 is 0. The van der Waals surface area contributed by atoms with Crippen molar-refractivity contribution in [1.29, 1.82) is 0 Å². The molecule has 5 rings (SSSR count). The molecule has 0 bridgehead atoms. The molecule has 130 valence electrons. The molecule has 5 aromatic rings. The zero-order valence-electron chi connectivity index (χ0n) is 14.2. The summed E-state index contributed by atoms with van der Waals surface area (Å²) in [6.07, 6.45) is 3.50. The molecular weight excluding hydrogens is 338 g/mol. The lowest BCUT2D eigenvalue weighted by Crippen LogP contribution is -2.01. The highest BCUT2D eigenvalue weighted by molar-refractivity contribution is 5.91. The third-order valence-electron chi connectivity index (χ3n) is 4.41. The first-order chi connectivity index (χ1) is 13.3. The third-order valence-corrected chi connectivity index (χ3v) is 4.41. The normalized spacial score (nSPS) is 11.1. The molecule has 0 aliphatic rings. The number of anilines is 2. The smallest absolute Gasteiger partial charge is 0.229 e. The van der Waals surface area contributed by atoms with Crippen LogP contribution in [0, 0.1) is 0 Å². The van der Waals surface area contributed by atoms with Gasteiger partial charge < -0.3 is 10.4 Å². The van der Waals surface area contributed by atoms with Gasteiger partial charge in [0.05, 0.1) is 17.3 Å². The Bertz CT molecular complexity index is 1270. The standard InChI is InChI=1S/C21H15N5O/c27-17-8-4-7-16(11-17)24-21-22-12-15-13-23-26(20(15)25-21)19-10-3-6-14-5-1-2-9-18(14)19/h1-13,27H,(H,22,24,25). The molecule has 2 aromatic heterocycles. The Morgan fingerprint density at radius 1 is 0.852 bits per heavy atom. The molecule has 0 fully saturated rings. The predicted molar refractivity (Wildman–Crippen MR) is 106 cm³/mol. The van der Waals surface area contributed by atoms with Crippen LogP contribution in [0.4, 0.5) is 11.6 Å². The summed E-state index contributed by atoms with van der Waals surface area (Å²) in [4.78, 5) is 8.98. The van der Waals surface area contributed by atoms with Gasteiger partial charge in [0.1, 0.15) is 5.75 Å². The molecule has 6 heteroatoms. The highest BCUT2D eigenvalue weighted by atomic mass is 16.3. The van der Waals surface area contributed by atoms with Gasteiger partial charge in [0.2, 0.25) is 5.95 Å². The van der Waals surface area contributed by atoms with Crippen LogP contribution in [0.5, 0.6) is 5.75 Å². The molecule has 0 amide bonds. The van der Waals surface area contributed by atoms with Crippen molar-refractivity contribution in [2.75, 3.05) is 5.32 Å². The molecule has 0 radical (unpaired) electrons. The number of nitrogens with one attached hydrogen (secondary N) is 1. The molecule has 3 aromatic carbocycles. The summed E-state index contributed by atoms with van der Waals surface area (Å²) in [5, 5.41) is 20.4. The third kappa shape index (κ3) is 2.73. The quantitative estimate of drug-likeness (QED) is 0.502. The molecule has 0 unspecified atom stereocenters. The molecule has 0 aliphatic heterocycles. The summed E-state index contributed by atoms with van der Waals surface area (Å²) < 4.78 is 1.83. The van der Waals surface area contributed by atoms with Crippen LogP contribution >= 0.6 is 0 Å². The fourth-order valence-electron chi connectivity index (χ4n) is 3.16. The van der Waals surface area contributed by atoms with Gasteiger partial charge in [0.15, 0.2) is 5.65 Å². The minimum atomic E-state index is 0.182. The van der Waals surface area contributed by atoms with E-state index in [0.717, 1.165) is 21.8 Å². The lowest BCUT2D eigenvalue weighted by Gasteiger charge is -2.09. The van der Waals surface area contributed by atoms with Crippen molar-refractivity contribution < 1.29 is 5.11 Å². The Morgan fingerprint density at radius 3 is 2.63 bits per heavy atom. The Morgan fingerprint density at radius 2 is 1.70 bits per heavy atom. The van der Waals surface area contributed by atoms with Crippen molar-refractivity contribution in [3.05, 3.63) is 79.1 Å². The van der Waals surface area contributed by atoms with Crippen LogP contribution in [0.3, 0.4) is 0 Å². The van der Waals surface area contributed by atoms with Crippen LogP contribution in [-0.4, -0.2) is 24.9 Å². The van der Waals surface area contributed by atoms with Gasteiger partial charge in [-0.25, -0.2) is 9.67 Å². The maximum atomic E-state index is 9.63. The van der Waals surface area contributed by atoms with Crippen LogP contribution in [0.25, 0.3) is 27.5 Å². The topological polar surface area (TPSA) is 75.9 Å². The van der Waals surface area contributed by atoms with E-state index in [1.165, 1.54) is 0 Å². The predicted octanol–water partition coefficient (Wildman–Crippen LogP) is 4.42. The number of aromatic nitrogens is 4. The van der Waals surface area contributed by atoms with Gasteiger partial charge in [-0.2, -0.15) is 10.1 Å². The molecule has 2 heterocycles. The largest absolute Gasteiger partial charge is 0.508 e. The van der Waals surface area contributed by atoms with E-state index in [-0.39, 0.29) is 5.75 Å². The second kappa shape index (κ2) is 6.10. The van der Waals surface area contributed by atoms with Crippen molar-refractivity contribution in [2.24, 2.45) is 0 Å². The molecule has 0 spiro atoms. The van der Waals surface area contributed by atoms with Gasteiger partial charge in [0.25, 0.3) is 0 Å². The Kier molecular flexibility index (Phi) is 3.47. The van der Waals surface area contributed by atoms with Crippen molar-refractivity contribution >= 4 is 33.4 Å². The molecule has 0 saturated heterocycles. The SMILES string of the molecule is Oc1cccc(Nc2ncc3cnn(-c4cccc5ccccc45)c3n2)c1. The highest BCUT2D eigenvalue weighted by Crippen LogP contribution is 2.25. The minimum Gasteiger partial charge on any atom is -0.508 e. The second-order valence-corrected chi connectivity index (χ2v) is 6.20. The average Bonchev–Trinajstić information content (AvgIpc) is 3.11. The van der Waals surface area contributed by atoms with E-state index in [2.05, 4.69) is 38.6 Å². The Hall–Kier alpha value is -3.93. The first-order valence-corrected chi connectivity index (χ1v) is 8.53. The Labute approximate surface area is 154 Å². The summed E-state index contributed by atoms with van der Waals surface area (Å²) in [5.41, 5.74) is 2.39. The van der Waals surface area contributed by atoms with Crippen LogP contribution < -0.4 is 5.32 Å². The van der Waals surface area contributed by atoms with Crippen LogP contribution in [-0.2, 0) is 0 Å². The van der Waals surface area contributed by atoms with Gasteiger partial charge >= 0.3 is 0 Å². The lowest BCUT2D eigenvalue weighted by atomic mass is 10.1. The first kappa shape index (κ1) is 15.3. The number of rotatable bonds is 3. The molecule has 0 saturated carbocycles. The van der Waals surface area contributed by atoms with E-state index in [0.29, 0.717) is 17.3 Å². The van der Waals surface area contributed by atoms with Gasteiger partial charge in [0, 0.05) is 23.3 Å².